The highest BCUT2D eigenvalue weighted by molar-refractivity contribution is 7.99. The number of hydrogen-bond donors (Lipinski definition) is 1. The summed E-state index contributed by atoms with van der Waals surface area (Å²) in [5, 5.41) is 15.6. The number of amides is 1. The number of rotatable bonds is 10. The zero-order valence-electron chi connectivity index (χ0n) is 16.2. The van der Waals surface area contributed by atoms with Crippen LogP contribution in [-0.2, 0) is 4.79 Å². The second-order valence-corrected chi connectivity index (χ2v) is 7.77. The lowest BCUT2D eigenvalue weighted by Crippen LogP contribution is -2.33. The molecule has 142 valence electrons. The molecule has 0 aliphatic rings. The molecule has 0 saturated carbocycles. The van der Waals surface area contributed by atoms with Gasteiger partial charge in [-0.25, -0.2) is 0 Å². The zero-order valence-corrected chi connectivity index (χ0v) is 17.0. The van der Waals surface area contributed by atoms with Crippen molar-refractivity contribution in [3.8, 4) is 5.69 Å². The molecule has 2 aromatic rings. The van der Waals surface area contributed by atoms with Gasteiger partial charge < -0.3 is 5.32 Å². The van der Waals surface area contributed by atoms with Crippen LogP contribution in [0.1, 0.15) is 57.1 Å². The third kappa shape index (κ3) is 6.44. The maximum atomic E-state index is 12.2. The number of unbranched alkanes of at least 4 members (excludes halogenated alkanes) is 3. The van der Waals surface area contributed by atoms with E-state index < -0.39 is 0 Å². The predicted octanol–water partition coefficient (Wildman–Crippen LogP) is 3.85. The average molecular weight is 376 g/mol. The van der Waals surface area contributed by atoms with E-state index in [1.165, 1.54) is 31.0 Å². The van der Waals surface area contributed by atoms with E-state index in [1.54, 1.807) is 4.68 Å². The predicted molar refractivity (Wildman–Crippen MR) is 106 cm³/mol. The summed E-state index contributed by atoms with van der Waals surface area (Å²) >= 11 is 1.36. The number of benzene rings is 1. The van der Waals surface area contributed by atoms with Gasteiger partial charge in [-0.3, -0.25) is 4.79 Å². The van der Waals surface area contributed by atoms with E-state index in [2.05, 4.69) is 40.8 Å². The first-order chi connectivity index (χ1) is 12.5. The highest BCUT2D eigenvalue weighted by Gasteiger charge is 2.13. The topological polar surface area (TPSA) is 72.7 Å². The van der Waals surface area contributed by atoms with E-state index in [0.717, 1.165) is 29.7 Å². The van der Waals surface area contributed by atoms with Gasteiger partial charge in [0.1, 0.15) is 0 Å². The van der Waals surface area contributed by atoms with Gasteiger partial charge in [-0.15, -0.1) is 5.10 Å². The molecule has 0 spiro atoms. The highest BCUT2D eigenvalue weighted by atomic mass is 32.2. The fourth-order valence-electron chi connectivity index (χ4n) is 2.90. The van der Waals surface area contributed by atoms with Gasteiger partial charge in [-0.05, 0) is 60.9 Å². The van der Waals surface area contributed by atoms with Crippen LogP contribution in [0.5, 0.6) is 0 Å². The summed E-state index contributed by atoms with van der Waals surface area (Å²) < 4.78 is 1.69. The quantitative estimate of drug-likeness (QED) is 0.504. The second-order valence-electron chi connectivity index (χ2n) is 6.83. The molecule has 1 heterocycles. The van der Waals surface area contributed by atoms with Crippen molar-refractivity contribution in [2.75, 3.05) is 5.75 Å². The summed E-state index contributed by atoms with van der Waals surface area (Å²) in [6.07, 6.45) is 5.91. The van der Waals surface area contributed by atoms with E-state index >= 15 is 0 Å². The fourth-order valence-corrected chi connectivity index (χ4v) is 3.60. The van der Waals surface area contributed by atoms with Crippen molar-refractivity contribution in [1.82, 2.24) is 25.5 Å². The molecule has 7 heteroatoms. The summed E-state index contributed by atoms with van der Waals surface area (Å²) in [5.41, 5.74) is 3.22. The van der Waals surface area contributed by atoms with E-state index in [9.17, 15) is 4.79 Å². The van der Waals surface area contributed by atoms with E-state index in [1.807, 2.05) is 26.0 Å². The number of thioether (sulfide) groups is 1. The molecule has 0 unspecified atom stereocenters. The number of tetrazole rings is 1. The van der Waals surface area contributed by atoms with Gasteiger partial charge in [0.15, 0.2) is 0 Å². The number of carbonyl (C=O) groups excluding carboxylic acids is 1. The lowest BCUT2D eigenvalue weighted by Gasteiger charge is -2.13. The standard InChI is InChI=1S/C19H29N5OS/c1-5-6-7-8-9-16(4)20-18(25)13-26-19-21-22-23-24(19)17-11-14(2)10-15(3)12-17/h10-12,16H,5-9,13H2,1-4H3,(H,20,25)/t16-/m1/s1. The second kappa shape index (κ2) is 10.3. The van der Waals surface area contributed by atoms with Crippen LogP contribution in [0.25, 0.3) is 5.69 Å². The molecule has 1 aromatic carbocycles. The van der Waals surface area contributed by atoms with Crippen LogP contribution in [-0.4, -0.2) is 37.9 Å². The lowest BCUT2D eigenvalue weighted by atomic mass is 10.1. The summed E-state index contributed by atoms with van der Waals surface area (Å²) in [4.78, 5) is 12.2. The van der Waals surface area contributed by atoms with Crippen LogP contribution in [0.15, 0.2) is 23.4 Å². The molecule has 0 fully saturated rings. The van der Waals surface area contributed by atoms with Crippen molar-refractivity contribution in [1.29, 1.82) is 0 Å². The smallest absolute Gasteiger partial charge is 0.230 e. The molecule has 1 N–H and O–H groups in total. The number of hydrogen-bond acceptors (Lipinski definition) is 5. The number of carbonyl (C=O) groups is 1. The van der Waals surface area contributed by atoms with Gasteiger partial charge >= 0.3 is 0 Å². The third-order valence-corrected chi connectivity index (χ3v) is 5.04. The molecule has 0 saturated heterocycles. The monoisotopic (exact) mass is 375 g/mol. The molecule has 2 rings (SSSR count). The molecule has 26 heavy (non-hydrogen) atoms. The Hall–Kier alpha value is -1.89. The van der Waals surface area contributed by atoms with Crippen LogP contribution in [0.3, 0.4) is 0 Å². The summed E-state index contributed by atoms with van der Waals surface area (Å²) in [6, 6.07) is 6.38. The maximum absolute atomic E-state index is 12.2. The molecule has 1 aromatic heterocycles. The Morgan fingerprint density at radius 3 is 2.62 bits per heavy atom. The minimum Gasteiger partial charge on any atom is -0.353 e. The number of aromatic nitrogens is 4. The third-order valence-electron chi connectivity index (χ3n) is 4.12. The maximum Gasteiger partial charge on any atom is 0.230 e. The van der Waals surface area contributed by atoms with Crippen LogP contribution in [0.2, 0.25) is 0 Å². The Morgan fingerprint density at radius 2 is 1.92 bits per heavy atom. The Kier molecular flexibility index (Phi) is 8.09. The first-order valence-corrected chi connectivity index (χ1v) is 10.3. The van der Waals surface area contributed by atoms with Gasteiger partial charge in [0.05, 0.1) is 11.4 Å². The average Bonchev–Trinajstić information content (AvgIpc) is 3.04. The lowest BCUT2D eigenvalue weighted by molar-refractivity contribution is -0.119. The Morgan fingerprint density at radius 1 is 1.19 bits per heavy atom. The van der Waals surface area contributed by atoms with Crippen LogP contribution < -0.4 is 5.32 Å². The van der Waals surface area contributed by atoms with Crippen LogP contribution in [0.4, 0.5) is 0 Å². The van der Waals surface area contributed by atoms with E-state index in [-0.39, 0.29) is 11.9 Å². The fraction of sp³-hybridized carbons (Fsp3) is 0.579. The molecule has 1 amide bonds. The zero-order chi connectivity index (χ0) is 18.9. The first-order valence-electron chi connectivity index (χ1n) is 9.28. The van der Waals surface area contributed by atoms with Gasteiger partial charge in [0.25, 0.3) is 0 Å². The van der Waals surface area contributed by atoms with Gasteiger partial charge in [0, 0.05) is 6.04 Å². The Balaban J connectivity index is 1.86. The molecule has 0 aliphatic heterocycles. The van der Waals surface area contributed by atoms with Crippen molar-refractivity contribution in [3.05, 3.63) is 29.3 Å². The van der Waals surface area contributed by atoms with Gasteiger partial charge in [-0.1, -0.05) is 50.4 Å². The van der Waals surface area contributed by atoms with Gasteiger partial charge in [-0.2, -0.15) is 4.68 Å². The minimum absolute atomic E-state index is 0.0213. The van der Waals surface area contributed by atoms with Crippen molar-refractivity contribution >= 4 is 17.7 Å². The largest absolute Gasteiger partial charge is 0.353 e. The molecule has 1 atom stereocenters. The summed E-state index contributed by atoms with van der Waals surface area (Å²) in [7, 11) is 0. The SMILES string of the molecule is CCCCCC[C@@H](C)NC(=O)CSc1nnnn1-c1cc(C)cc(C)c1. The summed E-state index contributed by atoms with van der Waals surface area (Å²) in [5.74, 6) is 0.331. The van der Waals surface area contributed by atoms with Crippen molar-refractivity contribution in [3.63, 3.8) is 0 Å². The highest BCUT2D eigenvalue weighted by Crippen LogP contribution is 2.20. The number of nitrogens with one attached hydrogen (secondary N) is 1. The molecule has 0 aliphatic carbocycles. The van der Waals surface area contributed by atoms with Crippen molar-refractivity contribution in [2.24, 2.45) is 0 Å². The number of aryl methyl sites for hydroxylation is 2. The molecule has 6 nitrogen and oxygen atoms in total. The number of nitrogens with zero attached hydrogens (tertiary/aromatic N) is 4. The molecular weight excluding hydrogens is 346 g/mol. The van der Waals surface area contributed by atoms with E-state index in [4.69, 9.17) is 0 Å². The van der Waals surface area contributed by atoms with Crippen molar-refractivity contribution in [2.45, 2.75) is 71.0 Å². The van der Waals surface area contributed by atoms with Crippen molar-refractivity contribution < 1.29 is 4.79 Å². The van der Waals surface area contributed by atoms with E-state index in [0.29, 0.717) is 10.9 Å². The van der Waals surface area contributed by atoms with Crippen LogP contribution in [0, 0.1) is 13.8 Å². The Bertz CT molecular complexity index is 695. The molecular formula is C19H29N5OS. The Labute approximate surface area is 160 Å². The molecule has 0 bridgehead atoms. The first kappa shape index (κ1) is 20.4. The minimum atomic E-state index is 0.0213. The van der Waals surface area contributed by atoms with Crippen LogP contribution >= 0.6 is 11.8 Å². The van der Waals surface area contributed by atoms with Gasteiger partial charge in [0.2, 0.25) is 11.1 Å². The normalized spacial score (nSPS) is 12.2. The summed E-state index contributed by atoms with van der Waals surface area (Å²) in [6.45, 7) is 8.36. The molecule has 0 radical (unpaired) electrons.